The summed E-state index contributed by atoms with van der Waals surface area (Å²) in [6.07, 6.45) is 10.8. The molecule has 0 aromatic carbocycles. The van der Waals surface area contributed by atoms with Crippen LogP contribution in [0.5, 0.6) is 0 Å². The zero-order valence-electron chi connectivity index (χ0n) is 14.7. The van der Waals surface area contributed by atoms with Gasteiger partial charge in [-0.15, -0.1) is 0 Å². The van der Waals surface area contributed by atoms with Crippen LogP contribution in [0.25, 0.3) is 0 Å². The molecule has 2 N–H and O–H groups in total. The predicted molar refractivity (Wildman–Crippen MR) is 95.7 cm³/mol. The second kappa shape index (κ2) is 10.8. The van der Waals surface area contributed by atoms with Gasteiger partial charge in [0.2, 0.25) is 0 Å². The molecule has 0 bridgehead atoms. The fourth-order valence-corrected chi connectivity index (χ4v) is 2.75. The third kappa shape index (κ3) is 6.68. The van der Waals surface area contributed by atoms with E-state index in [1.807, 2.05) is 12.3 Å². The zero-order valence-corrected chi connectivity index (χ0v) is 14.7. The average Bonchev–Trinajstić information content (AvgIpc) is 2.64. The molecular weight excluding hydrogens is 300 g/mol. The van der Waals surface area contributed by atoms with Crippen LogP contribution >= 0.6 is 0 Å². The van der Waals surface area contributed by atoms with Gasteiger partial charge >= 0.3 is 0 Å². The number of hydrogen-bond acceptors (Lipinski definition) is 6. The molecular formula is C18H28N6. The monoisotopic (exact) mass is 328 g/mol. The first-order valence-corrected chi connectivity index (χ1v) is 8.71. The van der Waals surface area contributed by atoms with E-state index in [9.17, 15) is 0 Å². The molecule has 0 aliphatic rings. The van der Waals surface area contributed by atoms with Gasteiger partial charge in [0.25, 0.3) is 0 Å². The van der Waals surface area contributed by atoms with E-state index in [-0.39, 0.29) is 0 Å². The molecule has 6 heteroatoms. The fraction of sp³-hybridized carbons (Fsp3) is 0.556. The van der Waals surface area contributed by atoms with Crippen molar-refractivity contribution in [1.29, 1.82) is 0 Å². The lowest BCUT2D eigenvalue weighted by Gasteiger charge is -2.21. The molecule has 0 spiro atoms. The molecule has 130 valence electrons. The number of nitrogens with one attached hydrogen (secondary N) is 2. The lowest BCUT2D eigenvalue weighted by Crippen LogP contribution is -2.28. The number of nitrogens with zero attached hydrogens (tertiary/aromatic N) is 4. The maximum absolute atomic E-state index is 4.48. The van der Waals surface area contributed by atoms with Crippen molar-refractivity contribution in [3.8, 4) is 0 Å². The summed E-state index contributed by atoms with van der Waals surface area (Å²) in [7, 11) is 0. The number of hydrogen-bond donors (Lipinski definition) is 2. The molecule has 0 amide bonds. The van der Waals surface area contributed by atoms with Gasteiger partial charge in [0.05, 0.1) is 5.69 Å². The largest absolute Gasteiger partial charge is 0.316 e. The Morgan fingerprint density at radius 3 is 2.67 bits per heavy atom. The first kappa shape index (κ1) is 18.4. The Morgan fingerprint density at radius 2 is 1.96 bits per heavy atom. The SMILES string of the molecule is CCNCC(CC(C)CNCCc1ccncn1)c1cnccn1. The van der Waals surface area contributed by atoms with Crippen molar-refractivity contribution in [2.24, 2.45) is 5.92 Å². The van der Waals surface area contributed by atoms with E-state index in [1.54, 1.807) is 24.9 Å². The summed E-state index contributed by atoms with van der Waals surface area (Å²) in [6, 6.07) is 1.96. The fourth-order valence-electron chi connectivity index (χ4n) is 2.75. The molecule has 2 unspecified atom stereocenters. The highest BCUT2D eigenvalue weighted by atomic mass is 14.9. The predicted octanol–water partition coefficient (Wildman–Crippen LogP) is 1.82. The van der Waals surface area contributed by atoms with Crippen LogP contribution in [0.3, 0.4) is 0 Å². The van der Waals surface area contributed by atoms with Crippen LogP contribution in [-0.4, -0.2) is 46.1 Å². The second-order valence-electron chi connectivity index (χ2n) is 6.13. The van der Waals surface area contributed by atoms with Gasteiger partial charge < -0.3 is 10.6 Å². The molecule has 0 fully saturated rings. The van der Waals surface area contributed by atoms with Crippen molar-refractivity contribution >= 4 is 0 Å². The van der Waals surface area contributed by atoms with E-state index in [4.69, 9.17) is 0 Å². The first-order chi connectivity index (χ1) is 11.8. The highest BCUT2D eigenvalue weighted by Crippen LogP contribution is 2.20. The van der Waals surface area contributed by atoms with Gasteiger partial charge in [-0.3, -0.25) is 9.97 Å². The van der Waals surface area contributed by atoms with Crippen LogP contribution in [0.2, 0.25) is 0 Å². The molecule has 24 heavy (non-hydrogen) atoms. The first-order valence-electron chi connectivity index (χ1n) is 8.71. The summed E-state index contributed by atoms with van der Waals surface area (Å²) >= 11 is 0. The Labute approximate surface area is 144 Å². The number of likely N-dealkylation sites (N-methyl/N-ethyl adjacent to an activating group) is 1. The number of rotatable bonds is 11. The molecule has 2 heterocycles. The summed E-state index contributed by atoms with van der Waals surface area (Å²) in [5.41, 5.74) is 2.15. The maximum Gasteiger partial charge on any atom is 0.115 e. The minimum atomic E-state index is 0.400. The number of aromatic nitrogens is 4. The van der Waals surface area contributed by atoms with Crippen LogP contribution in [-0.2, 0) is 6.42 Å². The Morgan fingerprint density at radius 1 is 1.04 bits per heavy atom. The summed E-state index contributed by atoms with van der Waals surface area (Å²) in [5.74, 6) is 0.971. The van der Waals surface area contributed by atoms with E-state index in [2.05, 4.69) is 44.4 Å². The Hall–Kier alpha value is -1.92. The quantitative estimate of drug-likeness (QED) is 0.613. The summed E-state index contributed by atoms with van der Waals surface area (Å²) in [5, 5.41) is 6.97. The molecule has 0 radical (unpaired) electrons. The van der Waals surface area contributed by atoms with Gasteiger partial charge in [0, 0.05) is 55.9 Å². The summed E-state index contributed by atoms with van der Waals surface area (Å²) < 4.78 is 0. The van der Waals surface area contributed by atoms with Gasteiger partial charge in [-0.25, -0.2) is 9.97 Å². The van der Waals surface area contributed by atoms with Crippen molar-refractivity contribution in [2.75, 3.05) is 26.2 Å². The molecule has 2 rings (SSSR count). The van der Waals surface area contributed by atoms with Crippen molar-refractivity contribution in [1.82, 2.24) is 30.6 Å². The second-order valence-corrected chi connectivity index (χ2v) is 6.13. The molecule has 0 aliphatic carbocycles. The van der Waals surface area contributed by atoms with Crippen LogP contribution < -0.4 is 10.6 Å². The smallest absolute Gasteiger partial charge is 0.115 e. The molecule has 2 atom stereocenters. The standard InChI is InChI=1S/C18H28N6/c1-3-19-12-16(18-13-21-8-9-23-18)10-15(2)11-20-6-4-17-5-7-22-14-24-17/h5,7-9,13-16,19-20H,3-4,6,10-12H2,1-2H3. The molecule has 0 saturated carbocycles. The van der Waals surface area contributed by atoms with Crippen LogP contribution in [0.1, 0.15) is 37.6 Å². The molecule has 2 aromatic heterocycles. The van der Waals surface area contributed by atoms with Crippen LogP contribution in [0.15, 0.2) is 37.2 Å². The zero-order chi connectivity index (χ0) is 17.0. The average molecular weight is 328 g/mol. The van der Waals surface area contributed by atoms with Gasteiger partial charge in [-0.05, 0) is 31.5 Å². The van der Waals surface area contributed by atoms with Crippen LogP contribution in [0, 0.1) is 5.92 Å². The van der Waals surface area contributed by atoms with Gasteiger partial charge in [0.15, 0.2) is 0 Å². The van der Waals surface area contributed by atoms with Crippen LogP contribution in [0.4, 0.5) is 0 Å². The third-order valence-electron chi connectivity index (χ3n) is 4.02. The highest BCUT2D eigenvalue weighted by Gasteiger charge is 2.16. The van der Waals surface area contributed by atoms with Gasteiger partial charge in [-0.2, -0.15) is 0 Å². The van der Waals surface area contributed by atoms with E-state index in [1.165, 1.54) is 0 Å². The topological polar surface area (TPSA) is 75.6 Å². The van der Waals surface area contributed by atoms with Crippen molar-refractivity contribution < 1.29 is 0 Å². The van der Waals surface area contributed by atoms with Crippen molar-refractivity contribution in [3.05, 3.63) is 48.6 Å². The molecule has 6 nitrogen and oxygen atoms in total. The van der Waals surface area contributed by atoms with E-state index >= 15 is 0 Å². The molecule has 2 aromatic rings. The Balaban J connectivity index is 1.74. The van der Waals surface area contributed by atoms with E-state index in [0.29, 0.717) is 11.8 Å². The van der Waals surface area contributed by atoms with Gasteiger partial charge in [-0.1, -0.05) is 13.8 Å². The molecule has 0 aliphatic heterocycles. The lowest BCUT2D eigenvalue weighted by atomic mass is 9.93. The third-order valence-corrected chi connectivity index (χ3v) is 4.02. The van der Waals surface area contributed by atoms with E-state index in [0.717, 1.165) is 50.4 Å². The Kier molecular flexibility index (Phi) is 8.27. The minimum absolute atomic E-state index is 0.400. The van der Waals surface area contributed by atoms with Gasteiger partial charge in [0.1, 0.15) is 6.33 Å². The van der Waals surface area contributed by atoms with E-state index < -0.39 is 0 Å². The van der Waals surface area contributed by atoms with Crippen molar-refractivity contribution in [3.63, 3.8) is 0 Å². The van der Waals surface area contributed by atoms with Crippen molar-refractivity contribution in [2.45, 2.75) is 32.6 Å². The lowest BCUT2D eigenvalue weighted by molar-refractivity contribution is 0.419. The normalized spacial score (nSPS) is 13.6. The molecule has 0 saturated heterocycles. The Bertz CT molecular complexity index is 548. The minimum Gasteiger partial charge on any atom is -0.316 e. The highest BCUT2D eigenvalue weighted by molar-refractivity contribution is 5.04. The summed E-state index contributed by atoms with van der Waals surface area (Å²) in [4.78, 5) is 16.9. The summed E-state index contributed by atoms with van der Waals surface area (Å²) in [6.45, 7) is 8.26. The maximum atomic E-state index is 4.48.